The maximum absolute atomic E-state index is 6.53. The van der Waals surface area contributed by atoms with Gasteiger partial charge in [-0.15, -0.1) is 0 Å². The summed E-state index contributed by atoms with van der Waals surface area (Å²) in [5.41, 5.74) is 11.5. The summed E-state index contributed by atoms with van der Waals surface area (Å²) in [5.74, 6) is 0.683. The maximum Gasteiger partial charge on any atom is 0.160 e. The van der Waals surface area contributed by atoms with E-state index in [0.717, 1.165) is 83.3 Å². The van der Waals surface area contributed by atoms with Crippen LogP contribution in [0.5, 0.6) is 0 Å². The molecular weight excluding hydrogens is 574 g/mol. The SMILES string of the molecule is c1ccc(-c2cc(-c3ccccc3)nc(-c3ccc(-c4cccc5c4nc(-c4ccccc4)c4c6ccccc6oc54)cc3)n2)cc1. The highest BCUT2D eigenvalue weighted by molar-refractivity contribution is 6.20. The normalized spacial score (nSPS) is 11.4. The summed E-state index contributed by atoms with van der Waals surface area (Å²) in [6.45, 7) is 0. The van der Waals surface area contributed by atoms with Crippen LogP contribution in [0, 0.1) is 0 Å². The third kappa shape index (κ3) is 4.75. The van der Waals surface area contributed by atoms with Crippen LogP contribution in [0.2, 0.25) is 0 Å². The highest BCUT2D eigenvalue weighted by atomic mass is 16.3. The molecule has 4 heteroatoms. The summed E-state index contributed by atoms with van der Waals surface area (Å²) in [5, 5.41) is 3.10. The van der Waals surface area contributed by atoms with Crippen molar-refractivity contribution in [2.75, 3.05) is 0 Å². The van der Waals surface area contributed by atoms with Gasteiger partial charge in [0.15, 0.2) is 5.82 Å². The average Bonchev–Trinajstić information content (AvgIpc) is 3.55. The molecule has 0 fully saturated rings. The molecule has 0 saturated carbocycles. The molecule has 0 atom stereocenters. The summed E-state index contributed by atoms with van der Waals surface area (Å²) in [7, 11) is 0. The fourth-order valence-corrected chi connectivity index (χ4v) is 6.41. The van der Waals surface area contributed by atoms with Gasteiger partial charge in [-0.3, -0.25) is 0 Å². The van der Waals surface area contributed by atoms with Crippen molar-refractivity contribution in [1.82, 2.24) is 15.0 Å². The second-order valence-electron chi connectivity index (χ2n) is 11.6. The quantitative estimate of drug-likeness (QED) is 0.197. The van der Waals surface area contributed by atoms with Crippen molar-refractivity contribution >= 4 is 32.8 Å². The average molecular weight is 602 g/mol. The molecule has 0 unspecified atom stereocenters. The molecule has 47 heavy (non-hydrogen) atoms. The molecule has 0 bridgehead atoms. The van der Waals surface area contributed by atoms with Crippen molar-refractivity contribution in [1.29, 1.82) is 0 Å². The summed E-state index contributed by atoms with van der Waals surface area (Å²) < 4.78 is 6.53. The number of furan rings is 1. The van der Waals surface area contributed by atoms with E-state index in [2.05, 4.69) is 109 Å². The molecule has 4 nitrogen and oxygen atoms in total. The molecular formula is C43H27N3O. The number of hydrogen-bond acceptors (Lipinski definition) is 4. The highest BCUT2D eigenvalue weighted by Crippen LogP contribution is 2.41. The molecule has 0 aliphatic heterocycles. The largest absolute Gasteiger partial charge is 0.455 e. The molecule has 0 saturated heterocycles. The van der Waals surface area contributed by atoms with E-state index < -0.39 is 0 Å². The predicted molar refractivity (Wildman–Crippen MR) is 192 cm³/mol. The zero-order valence-corrected chi connectivity index (χ0v) is 25.3. The topological polar surface area (TPSA) is 51.8 Å². The Labute approximate surface area is 271 Å². The molecule has 0 aliphatic rings. The first-order valence-corrected chi connectivity index (χ1v) is 15.7. The minimum atomic E-state index is 0.683. The van der Waals surface area contributed by atoms with Gasteiger partial charge < -0.3 is 4.42 Å². The van der Waals surface area contributed by atoms with Crippen LogP contribution in [0.1, 0.15) is 0 Å². The highest BCUT2D eigenvalue weighted by Gasteiger charge is 2.19. The monoisotopic (exact) mass is 601 g/mol. The van der Waals surface area contributed by atoms with Crippen molar-refractivity contribution in [2.45, 2.75) is 0 Å². The lowest BCUT2D eigenvalue weighted by molar-refractivity contribution is 0.672. The summed E-state index contributed by atoms with van der Waals surface area (Å²) in [4.78, 5) is 15.4. The second kappa shape index (κ2) is 11.2. The minimum Gasteiger partial charge on any atom is -0.455 e. The van der Waals surface area contributed by atoms with Crippen LogP contribution in [0.15, 0.2) is 168 Å². The molecule has 9 aromatic rings. The Morgan fingerprint density at radius 3 is 1.62 bits per heavy atom. The number of rotatable bonds is 5. The number of benzene rings is 6. The number of nitrogens with zero attached hydrogens (tertiary/aromatic N) is 3. The van der Waals surface area contributed by atoms with E-state index in [1.807, 2.05) is 54.6 Å². The van der Waals surface area contributed by atoms with Crippen molar-refractivity contribution in [2.24, 2.45) is 0 Å². The standard InChI is InChI=1S/C43H27N3O/c1-4-13-29(14-5-1)36-27-37(30-15-6-2-7-16-30)45-43(44-36)32-25-23-28(24-26-32)33-20-12-21-35-41(33)46-40(31-17-8-3-9-18-31)39-34-19-10-11-22-38(34)47-42(35)39/h1-27H. The lowest BCUT2D eigenvalue weighted by Gasteiger charge is -2.12. The number of fused-ring (bicyclic) bond motifs is 5. The van der Waals surface area contributed by atoms with E-state index in [1.54, 1.807) is 0 Å². The van der Waals surface area contributed by atoms with Gasteiger partial charge in [0.2, 0.25) is 0 Å². The van der Waals surface area contributed by atoms with Gasteiger partial charge in [0.25, 0.3) is 0 Å². The molecule has 0 spiro atoms. The van der Waals surface area contributed by atoms with Crippen LogP contribution in [-0.4, -0.2) is 15.0 Å². The van der Waals surface area contributed by atoms with Gasteiger partial charge in [-0.05, 0) is 23.8 Å². The van der Waals surface area contributed by atoms with Crippen molar-refractivity contribution in [3.8, 4) is 56.3 Å². The summed E-state index contributed by atoms with van der Waals surface area (Å²) in [6.07, 6.45) is 0. The Kier molecular flexibility index (Phi) is 6.43. The van der Waals surface area contributed by atoms with Gasteiger partial charge in [-0.1, -0.05) is 146 Å². The summed E-state index contributed by atoms with van der Waals surface area (Å²) in [6, 6.07) is 55.9. The molecule has 0 aliphatic carbocycles. The number of pyridine rings is 1. The van der Waals surface area contributed by atoms with E-state index in [0.29, 0.717) is 5.82 Å². The zero-order valence-electron chi connectivity index (χ0n) is 25.3. The van der Waals surface area contributed by atoms with Crippen molar-refractivity contribution in [3.63, 3.8) is 0 Å². The Balaban J connectivity index is 1.20. The second-order valence-corrected chi connectivity index (χ2v) is 11.6. The molecule has 6 aromatic carbocycles. The van der Waals surface area contributed by atoms with Gasteiger partial charge in [0, 0.05) is 38.6 Å². The first-order valence-electron chi connectivity index (χ1n) is 15.7. The molecule has 0 N–H and O–H groups in total. The lowest BCUT2D eigenvalue weighted by atomic mass is 9.97. The predicted octanol–water partition coefficient (Wildman–Crippen LogP) is 11.3. The lowest BCUT2D eigenvalue weighted by Crippen LogP contribution is -1.96. The minimum absolute atomic E-state index is 0.683. The van der Waals surface area contributed by atoms with Crippen molar-refractivity contribution in [3.05, 3.63) is 164 Å². The Bertz CT molecular complexity index is 2480. The molecule has 0 radical (unpaired) electrons. The molecule has 9 rings (SSSR count). The third-order valence-electron chi connectivity index (χ3n) is 8.70. The summed E-state index contributed by atoms with van der Waals surface area (Å²) >= 11 is 0. The molecule has 0 amide bonds. The van der Waals surface area contributed by atoms with E-state index in [9.17, 15) is 0 Å². The van der Waals surface area contributed by atoms with Gasteiger partial charge in [0.1, 0.15) is 11.2 Å². The number of para-hydroxylation sites is 2. The number of hydrogen-bond donors (Lipinski definition) is 0. The van der Waals surface area contributed by atoms with Crippen LogP contribution in [0.3, 0.4) is 0 Å². The van der Waals surface area contributed by atoms with Crippen LogP contribution in [-0.2, 0) is 0 Å². The fraction of sp³-hybridized carbons (Fsp3) is 0. The van der Waals surface area contributed by atoms with E-state index in [-0.39, 0.29) is 0 Å². The van der Waals surface area contributed by atoms with Crippen molar-refractivity contribution < 1.29 is 4.42 Å². The molecule has 3 heterocycles. The van der Waals surface area contributed by atoms with E-state index in [4.69, 9.17) is 19.4 Å². The fourth-order valence-electron chi connectivity index (χ4n) is 6.41. The molecule has 220 valence electrons. The Morgan fingerprint density at radius 1 is 0.404 bits per heavy atom. The van der Waals surface area contributed by atoms with Crippen LogP contribution in [0.25, 0.3) is 89.1 Å². The van der Waals surface area contributed by atoms with Crippen LogP contribution in [0.4, 0.5) is 0 Å². The van der Waals surface area contributed by atoms with E-state index in [1.165, 1.54) is 0 Å². The number of aromatic nitrogens is 3. The van der Waals surface area contributed by atoms with Crippen LogP contribution >= 0.6 is 0 Å². The van der Waals surface area contributed by atoms with Gasteiger partial charge in [-0.25, -0.2) is 15.0 Å². The Hall–Kier alpha value is -6.39. The van der Waals surface area contributed by atoms with Gasteiger partial charge in [-0.2, -0.15) is 0 Å². The van der Waals surface area contributed by atoms with Gasteiger partial charge in [0.05, 0.1) is 28.0 Å². The Morgan fingerprint density at radius 2 is 0.957 bits per heavy atom. The van der Waals surface area contributed by atoms with E-state index >= 15 is 0 Å². The van der Waals surface area contributed by atoms with Gasteiger partial charge >= 0.3 is 0 Å². The smallest absolute Gasteiger partial charge is 0.160 e. The zero-order chi connectivity index (χ0) is 31.2. The van der Waals surface area contributed by atoms with Crippen LogP contribution < -0.4 is 0 Å². The first-order chi connectivity index (χ1) is 23.3. The molecule has 3 aromatic heterocycles. The maximum atomic E-state index is 6.53. The first kappa shape index (κ1) is 27.0. The third-order valence-corrected chi connectivity index (χ3v) is 8.70.